The summed E-state index contributed by atoms with van der Waals surface area (Å²) in [7, 11) is 0. The standard InChI is InChI=1S/C10H8FN3O/c11-10-6-9(14-5-1-4-12-14)3-2-8(10)7-13-15/h1-7,15H. The average molecular weight is 205 g/mol. The highest BCUT2D eigenvalue weighted by atomic mass is 19.1. The van der Waals surface area contributed by atoms with Crippen LogP contribution in [0.2, 0.25) is 0 Å². The lowest BCUT2D eigenvalue weighted by Gasteiger charge is -2.02. The molecule has 0 aliphatic carbocycles. The fourth-order valence-electron chi connectivity index (χ4n) is 1.25. The van der Waals surface area contributed by atoms with Crippen LogP contribution in [0, 0.1) is 5.82 Å². The number of oxime groups is 1. The molecule has 4 nitrogen and oxygen atoms in total. The zero-order valence-corrected chi connectivity index (χ0v) is 7.71. The Kier molecular flexibility index (Phi) is 2.45. The van der Waals surface area contributed by atoms with Crippen LogP contribution in [-0.4, -0.2) is 21.2 Å². The van der Waals surface area contributed by atoms with E-state index in [0.717, 1.165) is 6.21 Å². The van der Waals surface area contributed by atoms with E-state index >= 15 is 0 Å². The Hall–Kier alpha value is -2.17. The summed E-state index contributed by atoms with van der Waals surface area (Å²) in [4.78, 5) is 0. The summed E-state index contributed by atoms with van der Waals surface area (Å²) >= 11 is 0. The maximum atomic E-state index is 13.4. The number of hydrogen-bond donors (Lipinski definition) is 1. The molecule has 0 saturated heterocycles. The van der Waals surface area contributed by atoms with E-state index in [4.69, 9.17) is 5.21 Å². The highest BCUT2D eigenvalue weighted by molar-refractivity contribution is 5.79. The third-order valence-electron chi connectivity index (χ3n) is 1.95. The molecule has 0 amide bonds. The molecule has 1 aromatic carbocycles. The third-order valence-corrected chi connectivity index (χ3v) is 1.95. The van der Waals surface area contributed by atoms with Gasteiger partial charge in [-0.15, -0.1) is 0 Å². The molecule has 2 rings (SSSR count). The van der Waals surface area contributed by atoms with Gasteiger partial charge < -0.3 is 5.21 Å². The Labute approximate surface area is 85.3 Å². The summed E-state index contributed by atoms with van der Waals surface area (Å²) in [6.45, 7) is 0. The summed E-state index contributed by atoms with van der Waals surface area (Å²) in [5.41, 5.74) is 0.848. The molecular weight excluding hydrogens is 197 g/mol. The van der Waals surface area contributed by atoms with Crippen LogP contribution in [-0.2, 0) is 0 Å². The van der Waals surface area contributed by atoms with Gasteiger partial charge >= 0.3 is 0 Å². The maximum absolute atomic E-state index is 13.4. The lowest BCUT2D eigenvalue weighted by atomic mass is 10.2. The summed E-state index contributed by atoms with van der Waals surface area (Å²) in [6, 6.07) is 6.28. The molecule has 0 radical (unpaired) electrons. The molecule has 76 valence electrons. The molecule has 0 unspecified atom stereocenters. The van der Waals surface area contributed by atoms with E-state index in [1.54, 1.807) is 29.2 Å². The highest BCUT2D eigenvalue weighted by Crippen LogP contribution is 2.11. The summed E-state index contributed by atoms with van der Waals surface area (Å²) in [6.07, 6.45) is 4.37. The Morgan fingerprint density at radius 3 is 2.93 bits per heavy atom. The molecule has 1 heterocycles. The fourth-order valence-corrected chi connectivity index (χ4v) is 1.25. The first-order valence-electron chi connectivity index (χ1n) is 4.28. The van der Waals surface area contributed by atoms with Gasteiger partial charge in [-0.3, -0.25) is 0 Å². The molecule has 0 aliphatic rings. The number of rotatable bonds is 2. The monoisotopic (exact) mass is 205 g/mol. The Bertz CT molecular complexity index is 479. The molecule has 1 N–H and O–H groups in total. The Balaban J connectivity index is 2.42. The average Bonchev–Trinajstić information content (AvgIpc) is 2.74. The zero-order valence-electron chi connectivity index (χ0n) is 7.71. The van der Waals surface area contributed by atoms with Crippen molar-refractivity contribution in [2.24, 2.45) is 5.16 Å². The first kappa shape index (κ1) is 9.39. The predicted molar refractivity (Wildman–Crippen MR) is 52.9 cm³/mol. The van der Waals surface area contributed by atoms with Gasteiger partial charge in [0, 0.05) is 24.0 Å². The number of hydrogen-bond acceptors (Lipinski definition) is 3. The van der Waals surface area contributed by atoms with Gasteiger partial charge in [0.15, 0.2) is 0 Å². The van der Waals surface area contributed by atoms with E-state index in [1.165, 1.54) is 12.1 Å². The molecule has 0 aliphatic heterocycles. The van der Waals surface area contributed by atoms with Crippen molar-refractivity contribution in [1.29, 1.82) is 0 Å². The van der Waals surface area contributed by atoms with Crippen molar-refractivity contribution in [2.45, 2.75) is 0 Å². The molecule has 15 heavy (non-hydrogen) atoms. The van der Waals surface area contributed by atoms with E-state index in [0.29, 0.717) is 5.69 Å². The van der Waals surface area contributed by atoms with Gasteiger partial charge in [0.2, 0.25) is 0 Å². The molecule has 0 atom stereocenters. The van der Waals surface area contributed by atoms with E-state index < -0.39 is 5.82 Å². The Morgan fingerprint density at radius 2 is 2.33 bits per heavy atom. The van der Waals surface area contributed by atoms with E-state index in [9.17, 15) is 4.39 Å². The molecule has 2 aromatic rings. The first-order valence-corrected chi connectivity index (χ1v) is 4.28. The zero-order chi connectivity index (χ0) is 10.7. The van der Waals surface area contributed by atoms with Crippen LogP contribution in [0.15, 0.2) is 41.8 Å². The molecule has 0 fully saturated rings. The smallest absolute Gasteiger partial charge is 0.134 e. The highest BCUT2D eigenvalue weighted by Gasteiger charge is 2.02. The van der Waals surface area contributed by atoms with Gasteiger partial charge in [-0.2, -0.15) is 5.10 Å². The van der Waals surface area contributed by atoms with Gasteiger partial charge in [0.05, 0.1) is 11.9 Å². The van der Waals surface area contributed by atoms with Crippen LogP contribution in [0.3, 0.4) is 0 Å². The number of benzene rings is 1. The minimum absolute atomic E-state index is 0.230. The topological polar surface area (TPSA) is 50.4 Å². The number of aromatic nitrogens is 2. The van der Waals surface area contributed by atoms with Crippen molar-refractivity contribution in [1.82, 2.24) is 9.78 Å². The minimum Gasteiger partial charge on any atom is -0.411 e. The fraction of sp³-hybridized carbons (Fsp3) is 0. The van der Waals surface area contributed by atoms with Crippen molar-refractivity contribution < 1.29 is 9.60 Å². The lowest BCUT2D eigenvalue weighted by molar-refractivity contribution is 0.321. The second-order valence-electron chi connectivity index (χ2n) is 2.90. The lowest BCUT2D eigenvalue weighted by Crippen LogP contribution is -1.97. The van der Waals surface area contributed by atoms with Gasteiger partial charge in [-0.1, -0.05) is 5.16 Å². The van der Waals surface area contributed by atoms with E-state index in [1.807, 2.05) is 0 Å². The molecule has 5 heteroatoms. The van der Waals surface area contributed by atoms with Crippen LogP contribution in [0.1, 0.15) is 5.56 Å². The molecular formula is C10H8FN3O. The minimum atomic E-state index is -0.458. The summed E-state index contributed by atoms with van der Waals surface area (Å²) in [5, 5.41) is 15.0. The maximum Gasteiger partial charge on any atom is 0.134 e. The molecule has 0 saturated carbocycles. The van der Waals surface area contributed by atoms with Crippen LogP contribution in [0.25, 0.3) is 5.69 Å². The number of halogens is 1. The first-order chi connectivity index (χ1) is 7.31. The molecule has 1 aromatic heterocycles. The van der Waals surface area contributed by atoms with Crippen LogP contribution < -0.4 is 0 Å². The van der Waals surface area contributed by atoms with Crippen LogP contribution in [0.4, 0.5) is 4.39 Å². The quantitative estimate of drug-likeness (QED) is 0.462. The van der Waals surface area contributed by atoms with E-state index in [-0.39, 0.29) is 5.56 Å². The van der Waals surface area contributed by atoms with Crippen LogP contribution in [0.5, 0.6) is 0 Å². The second kappa shape index (κ2) is 3.91. The van der Waals surface area contributed by atoms with Gasteiger partial charge in [-0.05, 0) is 18.2 Å². The van der Waals surface area contributed by atoms with Crippen molar-refractivity contribution in [3.8, 4) is 5.69 Å². The predicted octanol–water partition coefficient (Wildman–Crippen LogP) is 1.82. The van der Waals surface area contributed by atoms with Gasteiger partial charge in [-0.25, -0.2) is 9.07 Å². The summed E-state index contributed by atoms with van der Waals surface area (Å²) < 4.78 is 14.9. The Morgan fingerprint density at radius 1 is 1.47 bits per heavy atom. The van der Waals surface area contributed by atoms with E-state index in [2.05, 4.69) is 10.3 Å². The van der Waals surface area contributed by atoms with Crippen molar-refractivity contribution in [3.05, 3.63) is 48.0 Å². The molecule has 0 spiro atoms. The number of nitrogens with zero attached hydrogens (tertiary/aromatic N) is 3. The third kappa shape index (κ3) is 1.85. The largest absolute Gasteiger partial charge is 0.411 e. The summed E-state index contributed by atoms with van der Waals surface area (Å²) in [5.74, 6) is -0.458. The normalized spacial score (nSPS) is 11.0. The second-order valence-corrected chi connectivity index (χ2v) is 2.90. The molecule has 0 bridgehead atoms. The SMILES string of the molecule is ON=Cc1ccc(-n2cccn2)cc1F. The van der Waals surface area contributed by atoms with Crippen molar-refractivity contribution in [2.75, 3.05) is 0 Å². The van der Waals surface area contributed by atoms with Gasteiger partial charge in [0.25, 0.3) is 0 Å². The van der Waals surface area contributed by atoms with Gasteiger partial charge in [0.1, 0.15) is 5.82 Å². The van der Waals surface area contributed by atoms with Crippen LogP contribution >= 0.6 is 0 Å². The van der Waals surface area contributed by atoms with Crippen molar-refractivity contribution >= 4 is 6.21 Å². The van der Waals surface area contributed by atoms with Crippen molar-refractivity contribution in [3.63, 3.8) is 0 Å².